The molecule has 0 atom stereocenters. The molecule has 0 aliphatic heterocycles. The molecule has 0 aromatic rings. The Hall–Kier alpha value is -0.300. The van der Waals surface area contributed by atoms with E-state index in [1.807, 2.05) is 11.1 Å². The number of allylic oxidation sites excluding steroid dienone is 4. The van der Waals surface area contributed by atoms with E-state index in [-0.39, 0.29) is 0 Å². The first-order valence-electron chi connectivity index (χ1n) is 3.75. The molecule has 0 N–H and O–H groups in total. The Balaban J connectivity index is 3.70. The molecule has 62 valence electrons. The van der Waals surface area contributed by atoms with E-state index in [2.05, 4.69) is 42.4 Å². The highest BCUT2D eigenvalue weighted by atomic mass is 79.9. The quantitative estimate of drug-likeness (QED) is 0.487. The van der Waals surface area contributed by atoms with Gasteiger partial charge < -0.3 is 0 Å². The maximum absolute atomic E-state index is 3.71. The van der Waals surface area contributed by atoms with Crippen LogP contribution in [-0.2, 0) is 0 Å². The molecule has 0 rings (SSSR count). The van der Waals surface area contributed by atoms with E-state index in [1.54, 1.807) is 0 Å². The smallest absolute Gasteiger partial charge is 0.0157 e. The largest absolute Gasteiger partial charge is 0.0988 e. The topological polar surface area (TPSA) is 0 Å². The molecule has 0 amide bonds. The van der Waals surface area contributed by atoms with Crippen LogP contribution < -0.4 is 0 Å². The van der Waals surface area contributed by atoms with Gasteiger partial charge in [0.25, 0.3) is 0 Å². The molecule has 1 heteroatoms. The number of halogens is 1. The molecule has 0 nitrogen and oxygen atoms in total. The summed E-state index contributed by atoms with van der Waals surface area (Å²) in [5.41, 5.74) is 2.63. The fraction of sp³-hybridized carbons (Fsp3) is 0.400. The highest BCUT2D eigenvalue weighted by Crippen LogP contribution is 2.09. The Morgan fingerprint density at radius 2 is 2.09 bits per heavy atom. The zero-order chi connectivity index (χ0) is 8.69. The summed E-state index contributed by atoms with van der Waals surface area (Å²) in [7, 11) is 0. The Kier molecular flexibility index (Phi) is 6.24. The van der Waals surface area contributed by atoms with Crippen LogP contribution in [0.15, 0.2) is 34.9 Å². The van der Waals surface area contributed by atoms with Gasteiger partial charge in [-0.15, -0.1) is 0 Å². The molecule has 0 heterocycles. The summed E-state index contributed by atoms with van der Waals surface area (Å²) in [6.45, 7) is 7.94. The summed E-state index contributed by atoms with van der Waals surface area (Å²) in [6, 6.07) is 0. The monoisotopic (exact) mass is 214 g/mol. The van der Waals surface area contributed by atoms with E-state index in [9.17, 15) is 0 Å². The van der Waals surface area contributed by atoms with Crippen molar-refractivity contribution in [3.63, 3.8) is 0 Å². The standard InChI is InChI=1S/C10H15Br/c1-4-10(8-11)7-5-6-9(2)3/h4,6,8H,1,5,7H2,2-3H3/b10-8+. The molecule has 0 saturated carbocycles. The van der Waals surface area contributed by atoms with E-state index in [0.29, 0.717) is 0 Å². The van der Waals surface area contributed by atoms with Gasteiger partial charge in [-0.2, -0.15) is 0 Å². The summed E-state index contributed by atoms with van der Waals surface area (Å²) < 4.78 is 0. The first kappa shape index (κ1) is 10.7. The minimum absolute atomic E-state index is 1.07. The van der Waals surface area contributed by atoms with Gasteiger partial charge in [0.05, 0.1) is 0 Å². The first-order chi connectivity index (χ1) is 5.20. The lowest BCUT2D eigenvalue weighted by Crippen LogP contribution is -1.75. The van der Waals surface area contributed by atoms with Crippen molar-refractivity contribution in [2.45, 2.75) is 26.7 Å². The SMILES string of the molecule is C=C/C(=C\Br)CCC=C(C)C. The van der Waals surface area contributed by atoms with E-state index < -0.39 is 0 Å². The van der Waals surface area contributed by atoms with Crippen LogP contribution in [0.1, 0.15) is 26.7 Å². The van der Waals surface area contributed by atoms with Crippen molar-refractivity contribution in [2.24, 2.45) is 0 Å². The van der Waals surface area contributed by atoms with Gasteiger partial charge in [0, 0.05) is 0 Å². The first-order valence-corrected chi connectivity index (χ1v) is 4.67. The number of rotatable bonds is 4. The maximum atomic E-state index is 3.71. The molecule has 0 aliphatic rings. The van der Waals surface area contributed by atoms with Gasteiger partial charge in [0.2, 0.25) is 0 Å². The Labute approximate surface area is 77.8 Å². The zero-order valence-electron chi connectivity index (χ0n) is 7.23. The summed E-state index contributed by atoms with van der Waals surface area (Å²) in [5.74, 6) is 0. The van der Waals surface area contributed by atoms with Crippen molar-refractivity contribution in [1.29, 1.82) is 0 Å². The van der Waals surface area contributed by atoms with Crippen LogP contribution in [0.3, 0.4) is 0 Å². The molecule has 0 bridgehead atoms. The summed E-state index contributed by atoms with van der Waals surface area (Å²) >= 11 is 3.29. The van der Waals surface area contributed by atoms with Crippen molar-refractivity contribution in [1.82, 2.24) is 0 Å². The van der Waals surface area contributed by atoms with Crippen molar-refractivity contribution in [3.8, 4) is 0 Å². The highest BCUT2D eigenvalue weighted by Gasteiger charge is 1.88. The average molecular weight is 215 g/mol. The summed E-state index contributed by atoms with van der Waals surface area (Å²) in [6.07, 6.45) is 6.29. The van der Waals surface area contributed by atoms with Gasteiger partial charge in [-0.1, -0.05) is 40.2 Å². The normalized spacial score (nSPS) is 11.0. The van der Waals surface area contributed by atoms with E-state index in [1.165, 1.54) is 11.1 Å². The molecular formula is C10H15Br. The second kappa shape index (κ2) is 6.41. The molecule has 11 heavy (non-hydrogen) atoms. The van der Waals surface area contributed by atoms with Crippen LogP contribution in [-0.4, -0.2) is 0 Å². The second-order valence-corrected chi connectivity index (χ2v) is 3.17. The predicted octanol–water partition coefficient (Wildman–Crippen LogP) is 4.20. The van der Waals surface area contributed by atoms with Crippen LogP contribution in [0.5, 0.6) is 0 Å². The van der Waals surface area contributed by atoms with Crippen molar-refractivity contribution < 1.29 is 0 Å². The maximum Gasteiger partial charge on any atom is -0.0157 e. The molecule has 0 aromatic heterocycles. The van der Waals surface area contributed by atoms with Crippen LogP contribution in [0.25, 0.3) is 0 Å². The molecule has 0 saturated heterocycles. The number of hydrogen-bond acceptors (Lipinski definition) is 0. The van der Waals surface area contributed by atoms with Crippen molar-refractivity contribution >= 4 is 15.9 Å². The van der Waals surface area contributed by atoms with Crippen LogP contribution in [0.4, 0.5) is 0 Å². The fourth-order valence-electron chi connectivity index (χ4n) is 0.729. The van der Waals surface area contributed by atoms with Gasteiger partial charge >= 0.3 is 0 Å². The Morgan fingerprint density at radius 1 is 1.45 bits per heavy atom. The van der Waals surface area contributed by atoms with Crippen LogP contribution in [0, 0.1) is 0 Å². The predicted molar refractivity (Wildman–Crippen MR) is 55.9 cm³/mol. The average Bonchev–Trinajstić information content (AvgIpc) is 1.98. The lowest BCUT2D eigenvalue weighted by atomic mass is 10.1. The molecule has 0 aliphatic carbocycles. The minimum Gasteiger partial charge on any atom is -0.0988 e. The molecular weight excluding hydrogens is 200 g/mol. The van der Waals surface area contributed by atoms with E-state index in [4.69, 9.17) is 0 Å². The van der Waals surface area contributed by atoms with Crippen LogP contribution in [0.2, 0.25) is 0 Å². The zero-order valence-corrected chi connectivity index (χ0v) is 8.82. The minimum atomic E-state index is 1.07. The molecule has 0 unspecified atom stereocenters. The fourth-order valence-corrected chi connectivity index (χ4v) is 1.14. The Bertz CT molecular complexity index is 171. The third-order valence-corrected chi connectivity index (χ3v) is 1.98. The van der Waals surface area contributed by atoms with Gasteiger partial charge in [0.15, 0.2) is 0 Å². The van der Waals surface area contributed by atoms with Gasteiger partial charge in [-0.3, -0.25) is 0 Å². The summed E-state index contributed by atoms with van der Waals surface area (Å²) in [4.78, 5) is 1.93. The van der Waals surface area contributed by atoms with Gasteiger partial charge in [0.1, 0.15) is 0 Å². The van der Waals surface area contributed by atoms with E-state index in [0.717, 1.165) is 12.8 Å². The van der Waals surface area contributed by atoms with E-state index >= 15 is 0 Å². The molecule has 0 aromatic carbocycles. The van der Waals surface area contributed by atoms with Gasteiger partial charge in [-0.05, 0) is 37.2 Å². The molecule has 0 fully saturated rings. The summed E-state index contributed by atoms with van der Waals surface area (Å²) in [5, 5.41) is 0. The molecule has 0 radical (unpaired) electrons. The van der Waals surface area contributed by atoms with Crippen molar-refractivity contribution in [2.75, 3.05) is 0 Å². The second-order valence-electron chi connectivity index (χ2n) is 2.71. The number of hydrogen-bond donors (Lipinski definition) is 0. The van der Waals surface area contributed by atoms with Crippen LogP contribution >= 0.6 is 15.9 Å². The lowest BCUT2D eigenvalue weighted by Gasteiger charge is -1.96. The molecule has 0 spiro atoms. The van der Waals surface area contributed by atoms with Crippen molar-refractivity contribution in [3.05, 3.63) is 34.9 Å². The third kappa shape index (κ3) is 6.11. The Morgan fingerprint density at radius 3 is 2.45 bits per heavy atom. The highest BCUT2D eigenvalue weighted by molar-refractivity contribution is 9.11. The third-order valence-electron chi connectivity index (χ3n) is 1.39. The lowest BCUT2D eigenvalue weighted by molar-refractivity contribution is 0.998. The van der Waals surface area contributed by atoms with Gasteiger partial charge in [-0.25, -0.2) is 0 Å².